The van der Waals surface area contributed by atoms with Gasteiger partial charge in [0.2, 0.25) is 5.78 Å². The summed E-state index contributed by atoms with van der Waals surface area (Å²) in [5, 5.41) is 11.1. The Labute approximate surface area is 151 Å². The molecule has 1 aromatic carbocycles. The highest BCUT2D eigenvalue weighted by atomic mass is 32.1. The Bertz CT molecular complexity index is 802. The molecule has 1 heterocycles. The maximum atomic E-state index is 12.3. The van der Waals surface area contributed by atoms with Crippen LogP contribution in [0.1, 0.15) is 64.0 Å². The lowest BCUT2D eigenvalue weighted by molar-refractivity contribution is -0.254. The minimum atomic E-state index is -1.32. The van der Waals surface area contributed by atoms with E-state index in [1.165, 1.54) is 5.56 Å². The van der Waals surface area contributed by atoms with Crippen LogP contribution in [0.5, 0.6) is 5.75 Å². The summed E-state index contributed by atoms with van der Waals surface area (Å²) in [6.45, 7) is 9.71. The lowest BCUT2D eigenvalue weighted by atomic mass is 9.85. The molecule has 0 radical (unpaired) electrons. The number of carboxylic acid groups (broad SMARTS) is 1. The highest BCUT2D eigenvalue weighted by Gasteiger charge is 2.21. The molecular weight excluding hydrogens is 338 g/mol. The number of hydrogen-bond donors (Lipinski definition) is 0. The van der Waals surface area contributed by atoms with Crippen molar-refractivity contribution in [1.82, 2.24) is 4.98 Å². The van der Waals surface area contributed by atoms with E-state index in [0.717, 1.165) is 23.3 Å². The first-order chi connectivity index (χ1) is 11.6. The van der Waals surface area contributed by atoms with E-state index in [-0.39, 0.29) is 33.4 Å². The van der Waals surface area contributed by atoms with E-state index >= 15 is 0 Å². The Hall–Kier alpha value is -2.21. The van der Waals surface area contributed by atoms with Crippen molar-refractivity contribution in [3.8, 4) is 5.75 Å². The summed E-state index contributed by atoms with van der Waals surface area (Å²) in [6.07, 6.45) is 0.923. The van der Waals surface area contributed by atoms with Gasteiger partial charge in [0.15, 0.2) is 11.6 Å². The maximum absolute atomic E-state index is 12.3. The third-order valence-electron chi connectivity index (χ3n) is 3.84. The van der Waals surface area contributed by atoms with Crippen molar-refractivity contribution in [3.63, 3.8) is 0 Å². The molecule has 0 N–H and O–H groups in total. The number of Topliss-reactive ketones (excluding diaryl/α,β-unsaturated/α-hetero) is 1. The first kappa shape index (κ1) is 19.1. The molecule has 0 aliphatic carbocycles. The zero-order valence-electron chi connectivity index (χ0n) is 15.1. The van der Waals surface area contributed by atoms with Gasteiger partial charge in [-0.05, 0) is 36.0 Å². The summed E-state index contributed by atoms with van der Waals surface area (Å²) in [7, 11) is 0. The number of aromatic nitrogens is 1. The summed E-state index contributed by atoms with van der Waals surface area (Å²) in [5.41, 5.74) is 2.41. The molecule has 2 aromatic rings. The van der Waals surface area contributed by atoms with Crippen LogP contribution in [0.25, 0.3) is 0 Å². The fourth-order valence-corrected chi connectivity index (χ4v) is 3.24. The third-order valence-corrected chi connectivity index (χ3v) is 5.02. The van der Waals surface area contributed by atoms with E-state index in [2.05, 4.69) is 38.7 Å². The van der Waals surface area contributed by atoms with E-state index in [4.69, 9.17) is 4.74 Å². The topological polar surface area (TPSA) is 79.3 Å². The van der Waals surface area contributed by atoms with Gasteiger partial charge in [0.05, 0.1) is 16.5 Å². The molecule has 0 atom stereocenters. The van der Waals surface area contributed by atoms with Gasteiger partial charge in [0.1, 0.15) is 5.75 Å². The van der Waals surface area contributed by atoms with Crippen molar-refractivity contribution < 1.29 is 19.4 Å². The number of aryl methyl sites for hydroxylation is 2. The van der Waals surface area contributed by atoms with Gasteiger partial charge in [-0.15, -0.1) is 11.3 Å². The molecule has 134 valence electrons. The number of rotatable bonds is 6. The van der Waals surface area contributed by atoms with Crippen LogP contribution in [0.3, 0.4) is 0 Å². The highest BCUT2D eigenvalue weighted by Crippen LogP contribution is 2.32. The first-order valence-corrected chi connectivity index (χ1v) is 8.93. The fraction of sp³-hybridized carbons (Fsp3) is 0.421. The molecule has 25 heavy (non-hydrogen) atoms. The van der Waals surface area contributed by atoms with Crippen molar-refractivity contribution in [2.24, 2.45) is 0 Å². The smallest absolute Gasteiger partial charge is 0.228 e. The molecule has 1 aromatic heterocycles. The van der Waals surface area contributed by atoms with Crippen LogP contribution < -0.4 is 9.84 Å². The molecule has 0 amide bonds. The van der Waals surface area contributed by atoms with Crippen molar-refractivity contribution in [2.75, 3.05) is 6.61 Å². The van der Waals surface area contributed by atoms with E-state index in [0.29, 0.717) is 5.75 Å². The van der Waals surface area contributed by atoms with Gasteiger partial charge >= 0.3 is 0 Å². The second kappa shape index (κ2) is 7.35. The predicted octanol–water partition coefficient (Wildman–Crippen LogP) is 2.94. The Morgan fingerprint density at radius 3 is 2.48 bits per heavy atom. The number of nitrogens with zero attached hydrogens (tertiary/aromatic N) is 1. The van der Waals surface area contributed by atoms with E-state index in [1.54, 1.807) is 6.92 Å². The van der Waals surface area contributed by atoms with Gasteiger partial charge in [0, 0.05) is 0 Å². The fourth-order valence-electron chi connectivity index (χ4n) is 2.42. The normalized spacial score (nSPS) is 11.4. The molecule has 6 heteroatoms. The van der Waals surface area contributed by atoms with Crippen LogP contribution in [0.2, 0.25) is 0 Å². The van der Waals surface area contributed by atoms with Crippen LogP contribution in [-0.4, -0.2) is 23.3 Å². The first-order valence-electron chi connectivity index (χ1n) is 8.11. The van der Waals surface area contributed by atoms with E-state index in [1.807, 2.05) is 12.1 Å². The molecule has 2 rings (SSSR count). The number of carbonyl (C=O) groups is 2. The summed E-state index contributed by atoms with van der Waals surface area (Å²) < 4.78 is 5.74. The van der Waals surface area contributed by atoms with Gasteiger partial charge in [-0.25, -0.2) is 4.98 Å². The Kier molecular flexibility index (Phi) is 5.62. The zero-order chi connectivity index (χ0) is 18.8. The molecule has 5 nitrogen and oxygen atoms in total. The van der Waals surface area contributed by atoms with Crippen LogP contribution >= 0.6 is 11.3 Å². The number of ether oxygens (including phenoxy) is 1. The molecule has 0 spiro atoms. The molecule has 0 bridgehead atoms. The van der Waals surface area contributed by atoms with Crippen LogP contribution in [-0.2, 0) is 11.8 Å². The van der Waals surface area contributed by atoms with Gasteiger partial charge in [-0.1, -0.05) is 39.8 Å². The minimum absolute atomic E-state index is 0.0222. The van der Waals surface area contributed by atoms with E-state index < -0.39 is 5.97 Å². The molecule has 0 aliphatic rings. The molecule has 0 fully saturated rings. The monoisotopic (exact) mass is 360 g/mol. The molecular formula is C19H22NO4S-. The summed E-state index contributed by atoms with van der Waals surface area (Å²) >= 11 is 0.824. The maximum Gasteiger partial charge on any atom is 0.228 e. The number of benzene rings is 1. The summed E-state index contributed by atoms with van der Waals surface area (Å²) in [6, 6.07) is 5.96. The van der Waals surface area contributed by atoms with Crippen LogP contribution in [0.15, 0.2) is 18.2 Å². The van der Waals surface area contributed by atoms with Crippen molar-refractivity contribution >= 4 is 23.1 Å². The van der Waals surface area contributed by atoms with Gasteiger partial charge in [-0.3, -0.25) is 4.79 Å². The predicted molar refractivity (Wildman–Crippen MR) is 95.5 cm³/mol. The highest BCUT2D eigenvalue weighted by molar-refractivity contribution is 7.15. The van der Waals surface area contributed by atoms with Gasteiger partial charge in [-0.2, -0.15) is 0 Å². The molecule has 0 aliphatic heterocycles. The number of ketones is 1. The second-order valence-electron chi connectivity index (χ2n) is 6.87. The average molecular weight is 360 g/mol. The Morgan fingerprint density at radius 2 is 1.96 bits per heavy atom. The summed E-state index contributed by atoms with van der Waals surface area (Å²) in [5.74, 6) is -1.01. The zero-order valence-corrected chi connectivity index (χ0v) is 16.0. The Morgan fingerprint density at radius 1 is 1.28 bits per heavy atom. The van der Waals surface area contributed by atoms with Gasteiger partial charge < -0.3 is 14.6 Å². The molecule has 0 saturated heterocycles. The van der Waals surface area contributed by atoms with Crippen molar-refractivity contribution in [3.05, 3.63) is 44.9 Å². The third kappa shape index (κ3) is 4.45. The minimum Gasteiger partial charge on any atom is -0.544 e. The lowest BCUT2D eigenvalue weighted by Crippen LogP contribution is -2.21. The van der Waals surface area contributed by atoms with Crippen molar-refractivity contribution in [2.45, 2.75) is 46.5 Å². The lowest BCUT2D eigenvalue weighted by Gasteiger charge is -2.23. The number of aromatic carboxylic acids is 1. The molecule has 0 saturated carbocycles. The average Bonchev–Trinajstić information content (AvgIpc) is 2.93. The quantitative estimate of drug-likeness (QED) is 0.740. The SMILES string of the molecule is CCc1ccc(OCC(=O)c2nc(C)c(C(=O)[O-])s2)c(C(C)(C)C)c1. The Balaban J connectivity index is 2.19. The summed E-state index contributed by atoms with van der Waals surface area (Å²) in [4.78, 5) is 27.3. The van der Waals surface area contributed by atoms with E-state index in [9.17, 15) is 14.7 Å². The number of carboxylic acids is 1. The number of thiazole rings is 1. The van der Waals surface area contributed by atoms with Crippen molar-refractivity contribution in [1.29, 1.82) is 0 Å². The largest absolute Gasteiger partial charge is 0.544 e. The second-order valence-corrected chi connectivity index (χ2v) is 7.87. The van der Waals surface area contributed by atoms with Crippen LogP contribution in [0, 0.1) is 6.92 Å². The number of hydrogen-bond acceptors (Lipinski definition) is 6. The van der Waals surface area contributed by atoms with Crippen LogP contribution in [0.4, 0.5) is 0 Å². The standard InChI is InChI=1S/C19H23NO4S/c1-6-12-7-8-15(13(9-12)19(3,4)5)24-10-14(21)17-20-11(2)16(25-17)18(22)23/h7-9H,6,10H2,1-5H3,(H,22,23)/p-1. The van der Waals surface area contributed by atoms with Gasteiger partial charge in [0.25, 0.3) is 0 Å². The molecule has 0 unspecified atom stereocenters. The number of carbonyl (C=O) groups excluding carboxylic acids is 2.